The molecule has 30 heavy (non-hydrogen) atoms. The van der Waals surface area contributed by atoms with Crippen molar-refractivity contribution >= 4 is 57.6 Å². The highest BCUT2D eigenvalue weighted by molar-refractivity contribution is 9.10. The Labute approximate surface area is 188 Å². The fourth-order valence-corrected chi connectivity index (χ4v) is 3.48. The minimum atomic E-state index is -0.299. The molecular formula is C20H21BrClFN6O. The Balaban J connectivity index is 0.00000256. The number of aromatic nitrogens is 3. The van der Waals surface area contributed by atoms with Gasteiger partial charge in [0.15, 0.2) is 0 Å². The molecule has 0 aliphatic carbocycles. The number of anilines is 5. The van der Waals surface area contributed by atoms with Crippen LogP contribution in [0.4, 0.5) is 33.6 Å². The molecule has 1 aliphatic heterocycles. The van der Waals surface area contributed by atoms with Gasteiger partial charge in [-0.1, -0.05) is 6.07 Å². The molecule has 0 amide bonds. The Morgan fingerprint density at radius 1 is 0.967 bits per heavy atom. The third-order valence-corrected chi connectivity index (χ3v) is 5.05. The first-order valence-corrected chi connectivity index (χ1v) is 10.0. The van der Waals surface area contributed by atoms with Gasteiger partial charge >= 0.3 is 0 Å². The summed E-state index contributed by atoms with van der Waals surface area (Å²) < 4.78 is 19.5. The molecule has 1 aliphatic rings. The van der Waals surface area contributed by atoms with Crippen LogP contribution in [0, 0.1) is 12.7 Å². The summed E-state index contributed by atoms with van der Waals surface area (Å²) in [5.41, 5.74) is 2.68. The third kappa shape index (κ3) is 5.56. The lowest BCUT2D eigenvalue weighted by molar-refractivity contribution is 0.122. The largest absolute Gasteiger partial charge is 0.378 e. The Bertz CT molecular complexity index is 1000. The van der Waals surface area contributed by atoms with Gasteiger partial charge in [-0.3, -0.25) is 0 Å². The maximum absolute atomic E-state index is 13.2. The number of ether oxygens (including phenoxy) is 1. The Kier molecular flexibility index (Phi) is 7.41. The molecule has 2 heterocycles. The van der Waals surface area contributed by atoms with E-state index in [4.69, 9.17) is 4.74 Å². The molecule has 0 spiro atoms. The SMILES string of the molecule is Cc1ccc(Nc2nc(Nc3ccc(F)cc3)nc(N3CCOCC3)n2)c(Br)c1.Cl. The van der Waals surface area contributed by atoms with Crippen LogP contribution in [0.1, 0.15) is 5.56 Å². The topological polar surface area (TPSA) is 75.2 Å². The van der Waals surface area contributed by atoms with Crippen LogP contribution in [0.2, 0.25) is 0 Å². The fourth-order valence-electron chi connectivity index (χ4n) is 2.89. The number of rotatable bonds is 5. The minimum absolute atomic E-state index is 0. The highest BCUT2D eigenvalue weighted by Gasteiger charge is 2.17. The van der Waals surface area contributed by atoms with Gasteiger partial charge in [-0.05, 0) is 64.8 Å². The molecule has 3 aromatic rings. The van der Waals surface area contributed by atoms with E-state index in [1.165, 1.54) is 12.1 Å². The van der Waals surface area contributed by atoms with Crippen molar-refractivity contribution in [3.63, 3.8) is 0 Å². The molecule has 2 N–H and O–H groups in total. The molecule has 158 valence electrons. The van der Waals surface area contributed by atoms with Crippen molar-refractivity contribution in [3.8, 4) is 0 Å². The number of nitrogens with one attached hydrogen (secondary N) is 2. The van der Waals surface area contributed by atoms with Crippen molar-refractivity contribution in [1.82, 2.24) is 15.0 Å². The van der Waals surface area contributed by atoms with E-state index >= 15 is 0 Å². The normalized spacial score (nSPS) is 13.5. The van der Waals surface area contributed by atoms with E-state index in [9.17, 15) is 4.39 Å². The molecule has 7 nitrogen and oxygen atoms in total. The monoisotopic (exact) mass is 494 g/mol. The van der Waals surface area contributed by atoms with Gasteiger partial charge in [0.05, 0.1) is 18.9 Å². The Morgan fingerprint density at radius 2 is 1.63 bits per heavy atom. The van der Waals surface area contributed by atoms with Gasteiger partial charge in [-0.15, -0.1) is 12.4 Å². The predicted octanol–water partition coefficient (Wildman–Crippen LogP) is 4.83. The molecule has 1 fully saturated rings. The van der Waals surface area contributed by atoms with E-state index in [0.717, 1.165) is 15.7 Å². The first kappa shape index (κ1) is 22.2. The van der Waals surface area contributed by atoms with E-state index in [2.05, 4.69) is 46.4 Å². The molecule has 0 unspecified atom stereocenters. The molecule has 0 radical (unpaired) electrons. The summed E-state index contributed by atoms with van der Waals surface area (Å²) in [6, 6.07) is 12.0. The van der Waals surface area contributed by atoms with Crippen molar-refractivity contribution in [2.75, 3.05) is 41.8 Å². The molecule has 0 saturated carbocycles. The maximum Gasteiger partial charge on any atom is 0.233 e. The smallest absolute Gasteiger partial charge is 0.233 e. The van der Waals surface area contributed by atoms with Gasteiger partial charge < -0.3 is 20.3 Å². The highest BCUT2D eigenvalue weighted by Crippen LogP contribution is 2.27. The van der Waals surface area contributed by atoms with Gasteiger partial charge in [-0.2, -0.15) is 15.0 Å². The molecule has 10 heteroatoms. The van der Waals surface area contributed by atoms with E-state index in [0.29, 0.717) is 49.8 Å². The van der Waals surface area contributed by atoms with Crippen LogP contribution in [-0.4, -0.2) is 41.3 Å². The summed E-state index contributed by atoms with van der Waals surface area (Å²) in [6.45, 7) is 4.68. The third-order valence-electron chi connectivity index (χ3n) is 4.39. The zero-order valence-corrected chi connectivity index (χ0v) is 18.6. The van der Waals surface area contributed by atoms with Crippen LogP contribution < -0.4 is 15.5 Å². The highest BCUT2D eigenvalue weighted by atomic mass is 79.9. The average Bonchev–Trinajstić information content (AvgIpc) is 2.72. The summed E-state index contributed by atoms with van der Waals surface area (Å²) in [5, 5.41) is 6.37. The van der Waals surface area contributed by atoms with E-state index in [-0.39, 0.29) is 18.2 Å². The van der Waals surface area contributed by atoms with Gasteiger partial charge in [0.2, 0.25) is 17.8 Å². The van der Waals surface area contributed by atoms with E-state index in [1.54, 1.807) is 12.1 Å². The second-order valence-electron chi connectivity index (χ2n) is 6.62. The van der Waals surface area contributed by atoms with Gasteiger partial charge in [0.25, 0.3) is 0 Å². The van der Waals surface area contributed by atoms with E-state index < -0.39 is 0 Å². The number of aryl methyl sites for hydroxylation is 1. The zero-order chi connectivity index (χ0) is 20.2. The number of halogens is 3. The maximum atomic E-state index is 13.2. The van der Waals surface area contributed by atoms with Crippen molar-refractivity contribution in [1.29, 1.82) is 0 Å². The summed E-state index contributed by atoms with van der Waals surface area (Å²) in [4.78, 5) is 15.7. The van der Waals surface area contributed by atoms with Crippen LogP contribution >= 0.6 is 28.3 Å². The summed E-state index contributed by atoms with van der Waals surface area (Å²) >= 11 is 3.57. The molecule has 1 saturated heterocycles. The molecule has 0 atom stereocenters. The van der Waals surface area contributed by atoms with Crippen LogP contribution in [-0.2, 0) is 4.74 Å². The quantitative estimate of drug-likeness (QED) is 0.525. The molecular weight excluding hydrogens is 475 g/mol. The number of nitrogens with zero attached hydrogens (tertiary/aromatic N) is 4. The summed E-state index contributed by atoms with van der Waals surface area (Å²) in [7, 11) is 0. The lowest BCUT2D eigenvalue weighted by Gasteiger charge is -2.27. The lowest BCUT2D eigenvalue weighted by Crippen LogP contribution is -2.37. The summed E-state index contributed by atoms with van der Waals surface area (Å²) in [5.74, 6) is 1.04. The predicted molar refractivity (Wildman–Crippen MR) is 122 cm³/mol. The van der Waals surface area contributed by atoms with Crippen molar-refractivity contribution in [3.05, 3.63) is 58.3 Å². The van der Waals surface area contributed by atoms with Crippen LogP contribution in [0.5, 0.6) is 0 Å². The molecule has 1 aromatic heterocycles. The van der Waals surface area contributed by atoms with Crippen LogP contribution in [0.3, 0.4) is 0 Å². The second-order valence-corrected chi connectivity index (χ2v) is 7.48. The van der Waals surface area contributed by atoms with Gasteiger partial charge in [0.1, 0.15) is 5.82 Å². The van der Waals surface area contributed by atoms with E-state index in [1.807, 2.05) is 25.1 Å². The van der Waals surface area contributed by atoms with Gasteiger partial charge in [0, 0.05) is 23.2 Å². The number of benzene rings is 2. The number of hydrogen-bond donors (Lipinski definition) is 2. The first-order chi connectivity index (χ1) is 14.1. The zero-order valence-electron chi connectivity index (χ0n) is 16.2. The van der Waals surface area contributed by atoms with Crippen LogP contribution in [0.25, 0.3) is 0 Å². The molecule has 0 bridgehead atoms. The standard InChI is InChI=1S/C20H20BrFN6O.ClH/c1-13-2-7-17(16(21)12-13)24-19-25-18(23-15-5-3-14(22)4-6-15)26-20(27-19)28-8-10-29-11-9-28;/h2-7,12H,8-11H2,1H3,(H2,23,24,25,26,27);1H. The minimum Gasteiger partial charge on any atom is -0.378 e. The summed E-state index contributed by atoms with van der Waals surface area (Å²) in [6.07, 6.45) is 0. The Morgan fingerprint density at radius 3 is 2.30 bits per heavy atom. The molecule has 4 rings (SSSR count). The number of morpholine rings is 1. The van der Waals surface area contributed by atoms with Crippen LogP contribution in [0.15, 0.2) is 46.9 Å². The Hall–Kier alpha value is -2.49. The van der Waals surface area contributed by atoms with Gasteiger partial charge in [-0.25, -0.2) is 4.39 Å². The lowest BCUT2D eigenvalue weighted by atomic mass is 10.2. The molecule has 2 aromatic carbocycles. The van der Waals surface area contributed by atoms with Crippen molar-refractivity contribution in [2.45, 2.75) is 6.92 Å². The van der Waals surface area contributed by atoms with Crippen molar-refractivity contribution < 1.29 is 9.13 Å². The number of hydrogen-bond acceptors (Lipinski definition) is 7. The average molecular weight is 496 g/mol. The van der Waals surface area contributed by atoms with Crippen molar-refractivity contribution in [2.24, 2.45) is 0 Å². The first-order valence-electron chi connectivity index (χ1n) is 9.21. The fraction of sp³-hybridized carbons (Fsp3) is 0.250. The second kappa shape index (κ2) is 10.0.